The fourth-order valence-electron chi connectivity index (χ4n) is 2.50. The molecule has 4 nitrogen and oxygen atoms in total. The highest BCUT2D eigenvalue weighted by Gasteiger charge is 2.21. The van der Waals surface area contributed by atoms with E-state index in [9.17, 15) is 4.79 Å². The lowest BCUT2D eigenvalue weighted by Crippen LogP contribution is -2.87. The van der Waals surface area contributed by atoms with Crippen LogP contribution in [0.2, 0.25) is 0 Å². The SMILES string of the molecule is O=C(C[NH2+][C@@H](c1ccccc1)c1ccco1)Nc1ccccc1. The molecule has 0 radical (unpaired) electrons. The zero-order valence-electron chi connectivity index (χ0n) is 12.7. The molecule has 2 aromatic carbocycles. The summed E-state index contributed by atoms with van der Waals surface area (Å²) in [6.07, 6.45) is 1.66. The lowest BCUT2D eigenvalue weighted by atomic mass is 10.0. The molecule has 116 valence electrons. The molecule has 1 atom stereocenters. The minimum Gasteiger partial charge on any atom is -0.463 e. The molecule has 1 amide bonds. The molecule has 23 heavy (non-hydrogen) atoms. The lowest BCUT2D eigenvalue weighted by Gasteiger charge is -2.14. The van der Waals surface area contributed by atoms with Gasteiger partial charge >= 0.3 is 0 Å². The summed E-state index contributed by atoms with van der Waals surface area (Å²) in [6, 6.07) is 23.3. The van der Waals surface area contributed by atoms with Gasteiger partial charge in [-0.05, 0) is 24.3 Å². The number of anilines is 1. The Hall–Kier alpha value is -2.85. The Labute approximate surface area is 135 Å². The second-order valence-electron chi connectivity index (χ2n) is 5.26. The Morgan fingerprint density at radius 2 is 1.65 bits per heavy atom. The van der Waals surface area contributed by atoms with Gasteiger partial charge in [-0.1, -0.05) is 48.5 Å². The number of nitrogens with two attached hydrogens (primary N) is 1. The first kappa shape index (κ1) is 15.1. The number of para-hydroxylation sites is 1. The third-order valence-corrected chi connectivity index (χ3v) is 3.60. The van der Waals surface area contributed by atoms with Crippen LogP contribution in [0.5, 0.6) is 0 Å². The van der Waals surface area contributed by atoms with Crippen molar-refractivity contribution in [3.63, 3.8) is 0 Å². The Kier molecular flexibility index (Phi) is 4.86. The summed E-state index contributed by atoms with van der Waals surface area (Å²) >= 11 is 0. The topological polar surface area (TPSA) is 58.9 Å². The minimum atomic E-state index is -0.0383. The number of amides is 1. The van der Waals surface area contributed by atoms with Gasteiger partial charge in [-0.3, -0.25) is 4.79 Å². The van der Waals surface area contributed by atoms with Gasteiger partial charge in [0, 0.05) is 11.3 Å². The summed E-state index contributed by atoms with van der Waals surface area (Å²) in [4.78, 5) is 12.1. The smallest absolute Gasteiger partial charge is 0.279 e. The second-order valence-corrected chi connectivity index (χ2v) is 5.26. The first-order valence-electron chi connectivity index (χ1n) is 7.59. The molecule has 3 N–H and O–H groups in total. The highest BCUT2D eigenvalue weighted by molar-refractivity contribution is 5.91. The Balaban J connectivity index is 1.66. The highest BCUT2D eigenvalue weighted by Crippen LogP contribution is 2.18. The number of carbonyl (C=O) groups is 1. The van der Waals surface area contributed by atoms with Gasteiger partial charge in [-0.25, -0.2) is 0 Å². The fraction of sp³-hybridized carbons (Fsp3) is 0.105. The van der Waals surface area contributed by atoms with Crippen molar-refractivity contribution in [2.75, 3.05) is 11.9 Å². The summed E-state index contributed by atoms with van der Waals surface area (Å²) < 4.78 is 5.54. The third kappa shape index (κ3) is 4.08. The molecule has 0 saturated carbocycles. The Morgan fingerprint density at radius 3 is 2.30 bits per heavy atom. The van der Waals surface area contributed by atoms with Crippen LogP contribution in [-0.2, 0) is 4.79 Å². The number of carbonyl (C=O) groups excluding carboxylic acids is 1. The molecule has 1 aromatic heterocycles. The first-order chi connectivity index (χ1) is 11.3. The maximum Gasteiger partial charge on any atom is 0.279 e. The summed E-state index contributed by atoms with van der Waals surface area (Å²) in [7, 11) is 0. The van der Waals surface area contributed by atoms with Gasteiger partial charge in [-0.15, -0.1) is 0 Å². The maximum absolute atomic E-state index is 12.1. The fourth-order valence-corrected chi connectivity index (χ4v) is 2.50. The van der Waals surface area contributed by atoms with Gasteiger partial charge in [0.15, 0.2) is 18.3 Å². The number of benzene rings is 2. The van der Waals surface area contributed by atoms with Crippen molar-refractivity contribution in [1.29, 1.82) is 0 Å². The van der Waals surface area contributed by atoms with Crippen molar-refractivity contribution < 1.29 is 14.5 Å². The average molecular weight is 307 g/mol. The van der Waals surface area contributed by atoms with Crippen LogP contribution in [0, 0.1) is 0 Å². The van der Waals surface area contributed by atoms with E-state index in [2.05, 4.69) is 5.32 Å². The van der Waals surface area contributed by atoms with E-state index in [1.165, 1.54) is 0 Å². The number of nitrogens with one attached hydrogen (secondary N) is 1. The highest BCUT2D eigenvalue weighted by atomic mass is 16.3. The van der Waals surface area contributed by atoms with E-state index < -0.39 is 0 Å². The van der Waals surface area contributed by atoms with E-state index in [0.717, 1.165) is 17.0 Å². The molecule has 0 aliphatic rings. The first-order valence-corrected chi connectivity index (χ1v) is 7.59. The van der Waals surface area contributed by atoms with Gasteiger partial charge in [0.25, 0.3) is 5.91 Å². The summed E-state index contributed by atoms with van der Waals surface area (Å²) in [5.74, 6) is 0.799. The van der Waals surface area contributed by atoms with Crippen LogP contribution in [0.4, 0.5) is 5.69 Å². The van der Waals surface area contributed by atoms with Crippen LogP contribution >= 0.6 is 0 Å². The molecule has 0 aliphatic carbocycles. The van der Waals surface area contributed by atoms with Crippen LogP contribution < -0.4 is 10.6 Å². The lowest BCUT2D eigenvalue weighted by molar-refractivity contribution is -0.678. The molecule has 0 saturated heterocycles. The van der Waals surface area contributed by atoms with Gasteiger partial charge in [0.2, 0.25) is 0 Å². The quantitative estimate of drug-likeness (QED) is 0.735. The molecule has 0 spiro atoms. The normalized spacial score (nSPS) is 11.8. The van der Waals surface area contributed by atoms with E-state index in [0.29, 0.717) is 6.54 Å². The van der Waals surface area contributed by atoms with Gasteiger partial charge in [0.05, 0.1) is 6.26 Å². The number of rotatable bonds is 6. The van der Waals surface area contributed by atoms with Crippen molar-refractivity contribution in [2.24, 2.45) is 0 Å². The van der Waals surface area contributed by atoms with Gasteiger partial charge < -0.3 is 15.1 Å². The molecule has 0 unspecified atom stereocenters. The second kappa shape index (κ2) is 7.42. The largest absolute Gasteiger partial charge is 0.463 e. The number of quaternary nitrogens is 1. The third-order valence-electron chi connectivity index (χ3n) is 3.60. The van der Waals surface area contributed by atoms with Gasteiger partial charge in [0.1, 0.15) is 0 Å². The van der Waals surface area contributed by atoms with Crippen LogP contribution in [0.25, 0.3) is 0 Å². The van der Waals surface area contributed by atoms with E-state index >= 15 is 0 Å². The summed E-state index contributed by atoms with van der Waals surface area (Å²) in [6.45, 7) is 0.315. The predicted octanol–water partition coefficient (Wildman–Crippen LogP) is 2.57. The van der Waals surface area contributed by atoms with Crippen LogP contribution in [0.1, 0.15) is 17.4 Å². The number of furan rings is 1. The monoisotopic (exact) mass is 307 g/mol. The van der Waals surface area contributed by atoms with Crippen LogP contribution in [0.3, 0.4) is 0 Å². The molecule has 0 bridgehead atoms. The van der Waals surface area contributed by atoms with E-state index in [-0.39, 0.29) is 11.9 Å². The molecular formula is C19H19N2O2+. The zero-order chi connectivity index (χ0) is 15.9. The number of hydrogen-bond donors (Lipinski definition) is 2. The van der Waals surface area contributed by atoms with E-state index in [1.54, 1.807) is 6.26 Å². The van der Waals surface area contributed by atoms with Crippen molar-refractivity contribution in [1.82, 2.24) is 0 Å². The van der Waals surface area contributed by atoms with Crippen LogP contribution in [-0.4, -0.2) is 12.5 Å². The molecule has 1 heterocycles. The van der Waals surface area contributed by atoms with E-state index in [4.69, 9.17) is 4.42 Å². The van der Waals surface area contributed by atoms with Crippen molar-refractivity contribution in [2.45, 2.75) is 6.04 Å². The number of hydrogen-bond acceptors (Lipinski definition) is 2. The predicted molar refractivity (Wildman–Crippen MR) is 88.9 cm³/mol. The average Bonchev–Trinajstić information content (AvgIpc) is 3.11. The van der Waals surface area contributed by atoms with Crippen molar-refractivity contribution >= 4 is 11.6 Å². The standard InChI is InChI=1S/C19H18N2O2/c22-18(21-16-10-5-2-6-11-16)14-20-19(17-12-7-13-23-17)15-8-3-1-4-9-15/h1-13,19-20H,14H2,(H,21,22)/p+1/t19-/m0/s1. The molecule has 4 heteroatoms. The van der Waals surface area contributed by atoms with Gasteiger partial charge in [-0.2, -0.15) is 0 Å². The molecule has 0 aliphatic heterocycles. The van der Waals surface area contributed by atoms with Crippen LogP contribution in [0.15, 0.2) is 83.5 Å². The minimum absolute atomic E-state index is 0.0345. The summed E-state index contributed by atoms with van der Waals surface area (Å²) in [5, 5.41) is 4.87. The Morgan fingerprint density at radius 1 is 0.957 bits per heavy atom. The molecule has 3 aromatic rings. The summed E-state index contributed by atoms with van der Waals surface area (Å²) in [5.41, 5.74) is 1.91. The molecular weight excluding hydrogens is 288 g/mol. The molecule has 0 fully saturated rings. The maximum atomic E-state index is 12.1. The van der Waals surface area contributed by atoms with Crippen molar-refractivity contribution in [3.05, 3.63) is 90.4 Å². The van der Waals surface area contributed by atoms with E-state index in [1.807, 2.05) is 78.1 Å². The zero-order valence-corrected chi connectivity index (χ0v) is 12.7. The molecule has 3 rings (SSSR count). The van der Waals surface area contributed by atoms with Crippen molar-refractivity contribution in [3.8, 4) is 0 Å². The Bertz CT molecular complexity index is 725.